The minimum Gasteiger partial charge on any atom is -0.396 e. The number of carbonyl (C=O) groups excluding carboxylic acids is 1. The molecule has 0 bridgehead atoms. The summed E-state index contributed by atoms with van der Waals surface area (Å²) in [6, 6.07) is 4.95. The first-order valence-electron chi connectivity index (χ1n) is 6.54. The van der Waals surface area contributed by atoms with Crippen molar-refractivity contribution in [3.05, 3.63) is 34.2 Å². The molecular formula is C14H19N3O3. The summed E-state index contributed by atoms with van der Waals surface area (Å²) in [6.45, 7) is 3.73. The number of fused-ring (bicyclic) bond motifs is 1. The van der Waals surface area contributed by atoms with Crippen LogP contribution < -0.4 is 11.0 Å². The average Bonchev–Trinajstić information content (AvgIpc) is 2.72. The molecule has 2 atom stereocenters. The number of aliphatic hydroxyl groups is 1. The van der Waals surface area contributed by atoms with Gasteiger partial charge in [0.2, 0.25) is 0 Å². The van der Waals surface area contributed by atoms with Crippen molar-refractivity contribution in [2.75, 3.05) is 6.61 Å². The largest absolute Gasteiger partial charge is 0.396 e. The van der Waals surface area contributed by atoms with E-state index in [4.69, 9.17) is 5.11 Å². The van der Waals surface area contributed by atoms with Crippen LogP contribution in [0.5, 0.6) is 0 Å². The van der Waals surface area contributed by atoms with Crippen molar-refractivity contribution < 1.29 is 9.90 Å². The number of aryl methyl sites for hydroxylation is 1. The number of aliphatic hydroxyl groups excluding tert-OH is 1. The zero-order valence-electron chi connectivity index (χ0n) is 11.8. The lowest BCUT2D eigenvalue weighted by atomic mass is 10.0. The Morgan fingerprint density at radius 1 is 1.45 bits per heavy atom. The Kier molecular flexibility index (Phi) is 3.94. The molecule has 6 heteroatoms. The van der Waals surface area contributed by atoms with Crippen LogP contribution in [0.15, 0.2) is 23.0 Å². The van der Waals surface area contributed by atoms with Gasteiger partial charge in [0, 0.05) is 25.3 Å². The molecule has 1 aromatic heterocycles. The fourth-order valence-corrected chi connectivity index (χ4v) is 1.97. The highest BCUT2D eigenvalue weighted by Crippen LogP contribution is 2.12. The van der Waals surface area contributed by atoms with Crippen LogP contribution in [0.3, 0.4) is 0 Å². The van der Waals surface area contributed by atoms with E-state index < -0.39 is 0 Å². The third-order valence-electron chi connectivity index (χ3n) is 3.67. The van der Waals surface area contributed by atoms with Crippen LogP contribution in [-0.2, 0) is 7.05 Å². The molecule has 2 unspecified atom stereocenters. The number of aromatic nitrogens is 2. The molecule has 1 amide bonds. The van der Waals surface area contributed by atoms with E-state index in [1.807, 2.05) is 13.8 Å². The standard InChI is InChI=1S/C14H19N3O3/c1-8(7-18)9(2)15-13(19)10-4-5-12-11(6-10)16-14(20)17(12)3/h4-6,8-9,18H,7H2,1-3H3,(H,15,19)(H,16,20). The lowest BCUT2D eigenvalue weighted by Crippen LogP contribution is -2.38. The maximum absolute atomic E-state index is 12.1. The van der Waals surface area contributed by atoms with Gasteiger partial charge >= 0.3 is 5.69 Å². The minimum atomic E-state index is -0.218. The first-order valence-corrected chi connectivity index (χ1v) is 6.54. The minimum absolute atomic E-state index is 0.0146. The van der Waals surface area contributed by atoms with E-state index in [1.54, 1.807) is 25.2 Å². The molecule has 0 radical (unpaired) electrons. The number of aromatic amines is 1. The van der Waals surface area contributed by atoms with Crippen molar-refractivity contribution in [1.29, 1.82) is 0 Å². The highest BCUT2D eigenvalue weighted by molar-refractivity contribution is 5.97. The number of nitrogens with zero attached hydrogens (tertiary/aromatic N) is 1. The number of imidazole rings is 1. The fourth-order valence-electron chi connectivity index (χ4n) is 1.97. The van der Waals surface area contributed by atoms with Crippen LogP contribution in [0.25, 0.3) is 11.0 Å². The summed E-state index contributed by atoms with van der Waals surface area (Å²) in [6.07, 6.45) is 0. The van der Waals surface area contributed by atoms with E-state index in [0.29, 0.717) is 11.1 Å². The van der Waals surface area contributed by atoms with Gasteiger partial charge < -0.3 is 15.4 Å². The third kappa shape index (κ3) is 2.60. The highest BCUT2D eigenvalue weighted by Gasteiger charge is 2.16. The van der Waals surface area contributed by atoms with Crippen LogP contribution in [0, 0.1) is 5.92 Å². The monoisotopic (exact) mass is 277 g/mol. The van der Waals surface area contributed by atoms with Gasteiger partial charge in [-0.15, -0.1) is 0 Å². The Morgan fingerprint density at radius 2 is 2.15 bits per heavy atom. The number of carbonyl (C=O) groups is 1. The number of nitrogens with one attached hydrogen (secondary N) is 2. The van der Waals surface area contributed by atoms with Gasteiger partial charge in [-0.05, 0) is 31.0 Å². The Balaban J connectivity index is 2.25. The van der Waals surface area contributed by atoms with Crippen LogP contribution in [0.4, 0.5) is 0 Å². The van der Waals surface area contributed by atoms with E-state index in [2.05, 4.69) is 10.3 Å². The summed E-state index contributed by atoms with van der Waals surface area (Å²) < 4.78 is 1.49. The molecule has 2 aromatic rings. The van der Waals surface area contributed by atoms with Crippen molar-refractivity contribution in [3.63, 3.8) is 0 Å². The number of hydrogen-bond donors (Lipinski definition) is 3. The van der Waals surface area contributed by atoms with Gasteiger partial charge in [0.05, 0.1) is 11.0 Å². The van der Waals surface area contributed by atoms with Gasteiger partial charge in [-0.25, -0.2) is 4.79 Å². The van der Waals surface area contributed by atoms with E-state index >= 15 is 0 Å². The molecule has 0 spiro atoms. The maximum Gasteiger partial charge on any atom is 0.326 e. The first kappa shape index (κ1) is 14.3. The van der Waals surface area contributed by atoms with Gasteiger partial charge in [0.25, 0.3) is 5.91 Å². The number of rotatable bonds is 4. The molecule has 2 rings (SSSR count). The zero-order valence-corrected chi connectivity index (χ0v) is 11.8. The number of hydrogen-bond acceptors (Lipinski definition) is 3. The quantitative estimate of drug-likeness (QED) is 0.765. The Labute approximate surface area is 116 Å². The molecule has 0 aliphatic heterocycles. The number of amides is 1. The second kappa shape index (κ2) is 5.50. The van der Waals surface area contributed by atoms with Crippen LogP contribution in [0.2, 0.25) is 0 Å². The van der Waals surface area contributed by atoms with Crippen molar-refractivity contribution in [1.82, 2.24) is 14.9 Å². The molecule has 0 aliphatic rings. The lowest BCUT2D eigenvalue weighted by molar-refractivity contribution is 0.0916. The van der Waals surface area contributed by atoms with Gasteiger partial charge in [-0.1, -0.05) is 6.92 Å². The van der Waals surface area contributed by atoms with Crippen molar-refractivity contribution in [2.45, 2.75) is 19.9 Å². The van der Waals surface area contributed by atoms with E-state index in [1.165, 1.54) is 4.57 Å². The molecule has 108 valence electrons. The van der Waals surface area contributed by atoms with E-state index in [9.17, 15) is 9.59 Å². The zero-order chi connectivity index (χ0) is 14.9. The molecule has 0 saturated heterocycles. The SMILES string of the molecule is CC(CO)C(C)NC(=O)c1ccc2c(c1)[nH]c(=O)n2C. The van der Waals surface area contributed by atoms with Crippen molar-refractivity contribution in [2.24, 2.45) is 13.0 Å². The Hall–Kier alpha value is -2.08. The second-order valence-corrected chi connectivity index (χ2v) is 5.14. The topological polar surface area (TPSA) is 87.1 Å². The van der Waals surface area contributed by atoms with Gasteiger partial charge in [0.1, 0.15) is 0 Å². The third-order valence-corrected chi connectivity index (χ3v) is 3.67. The predicted octanol–water partition coefficient (Wildman–Crippen LogP) is 0.613. The normalized spacial score (nSPS) is 14.2. The molecule has 0 saturated carbocycles. The van der Waals surface area contributed by atoms with Crippen LogP contribution >= 0.6 is 0 Å². The van der Waals surface area contributed by atoms with Crippen LogP contribution in [-0.4, -0.2) is 33.2 Å². The molecule has 3 N–H and O–H groups in total. The van der Waals surface area contributed by atoms with Gasteiger partial charge in [-0.2, -0.15) is 0 Å². The van der Waals surface area contributed by atoms with E-state index in [-0.39, 0.29) is 30.2 Å². The molecule has 1 aromatic carbocycles. The summed E-state index contributed by atoms with van der Waals surface area (Å²) in [7, 11) is 1.67. The summed E-state index contributed by atoms with van der Waals surface area (Å²) in [5, 5.41) is 11.9. The van der Waals surface area contributed by atoms with Crippen LogP contribution in [0.1, 0.15) is 24.2 Å². The first-order chi connectivity index (χ1) is 9.43. The summed E-state index contributed by atoms with van der Waals surface area (Å²) in [4.78, 5) is 26.3. The summed E-state index contributed by atoms with van der Waals surface area (Å²) >= 11 is 0. The van der Waals surface area contributed by atoms with Gasteiger partial charge in [-0.3, -0.25) is 9.36 Å². The summed E-state index contributed by atoms with van der Waals surface area (Å²) in [5.74, 6) is -0.233. The average molecular weight is 277 g/mol. The smallest absolute Gasteiger partial charge is 0.326 e. The predicted molar refractivity (Wildman–Crippen MR) is 76.7 cm³/mol. The second-order valence-electron chi connectivity index (χ2n) is 5.14. The Morgan fingerprint density at radius 3 is 2.80 bits per heavy atom. The summed E-state index contributed by atoms with van der Waals surface area (Å²) in [5.41, 5.74) is 1.66. The van der Waals surface area contributed by atoms with E-state index in [0.717, 1.165) is 5.52 Å². The molecule has 1 heterocycles. The number of benzene rings is 1. The lowest BCUT2D eigenvalue weighted by Gasteiger charge is -2.19. The highest BCUT2D eigenvalue weighted by atomic mass is 16.3. The Bertz CT molecular complexity index is 687. The molecule has 6 nitrogen and oxygen atoms in total. The number of H-pyrrole nitrogens is 1. The molecule has 0 fully saturated rings. The molecule has 20 heavy (non-hydrogen) atoms. The fraction of sp³-hybridized carbons (Fsp3) is 0.429. The molecule has 0 aliphatic carbocycles. The van der Waals surface area contributed by atoms with Gasteiger partial charge in [0.15, 0.2) is 0 Å². The molecular weight excluding hydrogens is 258 g/mol. The maximum atomic E-state index is 12.1. The van der Waals surface area contributed by atoms with Crippen molar-refractivity contribution in [3.8, 4) is 0 Å². The van der Waals surface area contributed by atoms with Crippen molar-refractivity contribution >= 4 is 16.9 Å².